The van der Waals surface area contributed by atoms with Crippen molar-refractivity contribution in [1.82, 2.24) is 0 Å². The monoisotopic (exact) mass is 1010 g/mol. The van der Waals surface area contributed by atoms with Crippen LogP contribution in [0.4, 0.5) is 22.7 Å². The van der Waals surface area contributed by atoms with E-state index < -0.39 is 0 Å². The lowest BCUT2D eigenvalue weighted by molar-refractivity contribution is -0.955. The van der Waals surface area contributed by atoms with Crippen LogP contribution >= 0.6 is 0 Å². The standard InChI is InChI=1S/C52H52N6O6.2BrH/c59-55(60)35-13-9-31(10-14-35)27-57-21-19-51-39-5-1-3-7-41(39)53-47(51)45-37(25-43(51)57)33(29-57)18-24-64-50(45)54-42-8-4-2-6-40(42)52-20-22-58(28-32-11-15-36(16-12-32)56(61)62)30-34-17-23-63-49(53)46(48(52)54)38(34)26-44(52)58;;/h1-18,37-38,43-50H,19-30H2;2*1H/q+2;;/p-2/t37-,38-,43-,44-,45+,46?,47-,48-,49+,50+,51+,52+,57?,58?;;/m0../s1. The third-order valence-corrected chi connectivity index (χ3v) is 19.8. The average molecular weight is 1020 g/mol. The molecule has 4 bridgehead atoms. The van der Waals surface area contributed by atoms with Crippen LogP contribution in [-0.2, 0) is 33.4 Å². The van der Waals surface area contributed by atoms with Crippen LogP contribution in [0.3, 0.4) is 0 Å². The first-order valence-electron chi connectivity index (χ1n) is 23.8. The van der Waals surface area contributed by atoms with Crippen LogP contribution in [0.25, 0.3) is 0 Å². The number of para-hydroxylation sites is 2. The fourth-order valence-electron chi connectivity index (χ4n) is 18.0. The Balaban J connectivity index is 0.00000217. The molecule has 4 aromatic rings. The molecule has 5 saturated heterocycles. The van der Waals surface area contributed by atoms with Crippen LogP contribution in [0.2, 0.25) is 0 Å². The minimum atomic E-state index is -0.289. The van der Waals surface area contributed by atoms with Crippen molar-refractivity contribution in [2.75, 3.05) is 49.2 Å². The van der Waals surface area contributed by atoms with Crippen LogP contribution in [-0.4, -0.2) is 94.8 Å². The topological polar surface area (TPSA) is 111 Å². The number of rotatable bonds is 6. The number of hydrogen-bond acceptors (Lipinski definition) is 8. The number of halogens is 2. The maximum Gasteiger partial charge on any atom is 0.269 e. The van der Waals surface area contributed by atoms with E-state index in [1.54, 1.807) is 35.4 Å². The molecule has 9 aliphatic heterocycles. The molecule has 9 heterocycles. The summed E-state index contributed by atoms with van der Waals surface area (Å²) in [7, 11) is 0. The van der Waals surface area contributed by atoms with Crippen molar-refractivity contribution in [3.05, 3.63) is 163 Å². The van der Waals surface area contributed by atoms with Gasteiger partial charge in [0.15, 0.2) is 0 Å². The molecule has 14 atom stereocenters. The van der Waals surface area contributed by atoms with Crippen LogP contribution in [0.1, 0.15) is 47.9 Å². The van der Waals surface area contributed by atoms with Gasteiger partial charge in [0.05, 0.1) is 59.1 Å². The molecular formula is C52H52Br2N6O6. The fourth-order valence-corrected chi connectivity index (χ4v) is 18.0. The number of ether oxygens (including phenoxy) is 2. The molecular weight excluding hydrogens is 964 g/mol. The van der Waals surface area contributed by atoms with E-state index in [9.17, 15) is 20.2 Å². The summed E-state index contributed by atoms with van der Waals surface area (Å²) >= 11 is 0. The van der Waals surface area contributed by atoms with Gasteiger partial charge in [-0.05, 0) is 58.7 Å². The first kappa shape index (κ1) is 41.7. The minimum Gasteiger partial charge on any atom is -1.00 e. The zero-order valence-electron chi connectivity index (χ0n) is 36.5. The summed E-state index contributed by atoms with van der Waals surface area (Å²) in [5.41, 5.74) is 11.2. The maximum atomic E-state index is 11.7. The number of piperidine rings is 2. The predicted octanol–water partition coefficient (Wildman–Crippen LogP) is 1.52. The van der Waals surface area contributed by atoms with E-state index in [0.29, 0.717) is 37.1 Å². The molecule has 66 heavy (non-hydrogen) atoms. The number of anilines is 2. The van der Waals surface area contributed by atoms with Crippen molar-refractivity contribution < 1.29 is 62.2 Å². The number of nitro benzene ring substituents is 2. The van der Waals surface area contributed by atoms with Crippen molar-refractivity contribution in [1.29, 1.82) is 0 Å². The molecule has 2 spiro atoms. The van der Waals surface area contributed by atoms with E-state index in [4.69, 9.17) is 9.47 Å². The Labute approximate surface area is 404 Å². The van der Waals surface area contributed by atoms with E-state index in [-0.39, 0.29) is 102 Å². The summed E-state index contributed by atoms with van der Waals surface area (Å²) in [6, 6.07) is 34.8. The predicted molar refractivity (Wildman–Crippen MR) is 238 cm³/mol. The Morgan fingerprint density at radius 3 is 1.41 bits per heavy atom. The van der Waals surface area contributed by atoms with Crippen molar-refractivity contribution in [3.63, 3.8) is 0 Å². The molecule has 0 radical (unpaired) electrons. The molecule has 3 unspecified atom stereocenters. The van der Waals surface area contributed by atoms with Gasteiger partial charge in [-0.2, -0.15) is 0 Å². The van der Waals surface area contributed by atoms with Gasteiger partial charge in [0, 0.05) is 96.1 Å². The summed E-state index contributed by atoms with van der Waals surface area (Å²) in [6.07, 6.45) is 9.10. The highest BCUT2D eigenvalue weighted by molar-refractivity contribution is 5.72. The third-order valence-electron chi connectivity index (χ3n) is 19.8. The van der Waals surface area contributed by atoms with Crippen molar-refractivity contribution in [2.24, 2.45) is 23.7 Å². The quantitative estimate of drug-likeness (QED) is 0.124. The van der Waals surface area contributed by atoms with Crippen LogP contribution in [0.5, 0.6) is 0 Å². The smallest absolute Gasteiger partial charge is 0.269 e. The molecule has 4 aromatic carbocycles. The molecule has 11 aliphatic rings. The lowest BCUT2D eigenvalue weighted by Crippen LogP contribution is -3.00. The largest absolute Gasteiger partial charge is 1.00 e. The molecule has 14 heteroatoms. The molecule has 340 valence electrons. The van der Waals surface area contributed by atoms with E-state index >= 15 is 0 Å². The fraction of sp³-hybridized carbons (Fsp3) is 0.462. The van der Waals surface area contributed by atoms with Gasteiger partial charge < -0.3 is 62.2 Å². The second-order valence-corrected chi connectivity index (χ2v) is 21.6. The summed E-state index contributed by atoms with van der Waals surface area (Å²) in [5, 5.41) is 23.4. The zero-order valence-corrected chi connectivity index (χ0v) is 39.7. The molecule has 0 amide bonds. The molecule has 7 fully saturated rings. The first-order valence-corrected chi connectivity index (χ1v) is 23.8. The van der Waals surface area contributed by atoms with E-state index in [0.717, 1.165) is 73.9 Å². The molecule has 0 aromatic heterocycles. The number of hydrogen-bond donors (Lipinski definition) is 0. The van der Waals surface area contributed by atoms with Crippen molar-refractivity contribution in [3.8, 4) is 0 Å². The van der Waals surface area contributed by atoms with Crippen LogP contribution in [0, 0.1) is 43.9 Å². The van der Waals surface area contributed by atoms with Gasteiger partial charge in [-0.1, -0.05) is 48.6 Å². The summed E-state index contributed by atoms with van der Waals surface area (Å²) in [4.78, 5) is 28.6. The zero-order chi connectivity index (χ0) is 42.5. The molecule has 0 N–H and O–H groups in total. The Hall–Kier alpha value is -4.44. The number of non-ortho nitro benzene ring substituents is 2. The Morgan fingerprint density at radius 2 is 1.00 bits per heavy atom. The van der Waals surface area contributed by atoms with E-state index in [2.05, 4.69) is 70.5 Å². The summed E-state index contributed by atoms with van der Waals surface area (Å²) in [5.74, 6) is 1.14. The van der Waals surface area contributed by atoms with Gasteiger partial charge in [0.25, 0.3) is 11.4 Å². The first-order chi connectivity index (χ1) is 31.2. The number of nitrogens with zero attached hydrogens (tertiary/aromatic N) is 6. The second kappa shape index (κ2) is 14.1. The van der Waals surface area contributed by atoms with Gasteiger partial charge in [0.2, 0.25) is 0 Å². The van der Waals surface area contributed by atoms with E-state index in [1.165, 1.54) is 33.6 Å². The van der Waals surface area contributed by atoms with Crippen molar-refractivity contribution >= 4 is 22.7 Å². The minimum absolute atomic E-state index is 0. The number of benzene rings is 4. The number of quaternary nitrogens is 2. The molecule has 2 saturated carbocycles. The SMILES string of the molecule is O=[N+]([O-])c1ccc(C[N+]23CC[C@@]45c6ccccc6N6[C@@H]7OCC=C8C[N+]9(Cc%10ccc([N+](=O)[O-])cc%10)CC[C@]%10%11c%12ccccc%12N([C@@H]%12OCC=C(C2)[C@H](C[C@@H]43)C%12[C@H]65)[C@H]%10[C@H]7[C@H]8C[C@@H]%119)cc1.[Br-].[Br-]. The van der Waals surface area contributed by atoms with Crippen LogP contribution in [0.15, 0.2) is 120 Å². The maximum absolute atomic E-state index is 11.7. The second-order valence-electron chi connectivity index (χ2n) is 21.6. The average Bonchev–Trinajstić information content (AvgIpc) is 3.92. The normalized spacial score (nSPS) is 40.2. The Morgan fingerprint density at radius 1 is 0.591 bits per heavy atom. The van der Waals surface area contributed by atoms with Gasteiger partial charge in [-0.3, -0.25) is 20.2 Å². The number of nitro groups is 2. The highest BCUT2D eigenvalue weighted by Crippen LogP contribution is 2.73. The van der Waals surface area contributed by atoms with Crippen molar-refractivity contribution in [2.45, 2.75) is 86.2 Å². The lowest BCUT2D eigenvalue weighted by Gasteiger charge is -2.65. The third kappa shape index (κ3) is 4.93. The number of fused-ring (bicyclic) bond motifs is 6. The summed E-state index contributed by atoms with van der Waals surface area (Å²) in [6.45, 7) is 7.01. The summed E-state index contributed by atoms with van der Waals surface area (Å²) < 4.78 is 17.2. The van der Waals surface area contributed by atoms with Gasteiger partial charge >= 0.3 is 0 Å². The van der Waals surface area contributed by atoms with Gasteiger partial charge in [-0.25, -0.2) is 0 Å². The van der Waals surface area contributed by atoms with E-state index in [1.807, 2.05) is 24.3 Å². The van der Waals surface area contributed by atoms with Gasteiger partial charge in [0.1, 0.15) is 50.7 Å². The highest BCUT2D eigenvalue weighted by Gasteiger charge is 2.81. The molecule has 2 aliphatic carbocycles. The van der Waals surface area contributed by atoms with Crippen LogP contribution < -0.4 is 43.8 Å². The molecule has 15 rings (SSSR count). The Kier molecular flexibility index (Phi) is 8.90. The Bertz CT molecular complexity index is 2620. The molecule has 12 nitrogen and oxygen atoms in total. The highest BCUT2D eigenvalue weighted by atomic mass is 79.9. The van der Waals surface area contributed by atoms with Gasteiger partial charge in [-0.15, -0.1) is 0 Å². The lowest BCUT2D eigenvalue weighted by atomic mass is 9.52.